The minimum Gasteiger partial charge on any atom is -0.452 e. The lowest BCUT2D eigenvalue weighted by Gasteiger charge is -2.26. The van der Waals surface area contributed by atoms with Crippen LogP contribution in [-0.4, -0.2) is 16.2 Å². The van der Waals surface area contributed by atoms with Crippen molar-refractivity contribution in [3.05, 3.63) is 0 Å². The van der Waals surface area contributed by atoms with Gasteiger partial charge in [0.15, 0.2) is 0 Å². The number of ether oxygens (including phenoxy) is 1. The highest BCUT2D eigenvalue weighted by atomic mass is 32.2. The third kappa shape index (κ3) is 5.45. The standard InChI is InChI=1S/C12H22O2S/c1-9-5-7-10(8-6-9)15-11(13)14-12(2,3)4/h9-10H,5-8H2,1-4H3. The van der Waals surface area contributed by atoms with Crippen LogP contribution in [0.1, 0.15) is 53.4 Å². The van der Waals surface area contributed by atoms with Crippen molar-refractivity contribution in [2.45, 2.75) is 64.2 Å². The van der Waals surface area contributed by atoms with Crippen molar-refractivity contribution in [3.63, 3.8) is 0 Å². The Morgan fingerprint density at radius 3 is 2.20 bits per heavy atom. The minimum absolute atomic E-state index is 0.109. The predicted octanol–water partition coefficient (Wildman–Crippen LogP) is 4.23. The van der Waals surface area contributed by atoms with E-state index < -0.39 is 0 Å². The lowest BCUT2D eigenvalue weighted by atomic mass is 9.91. The summed E-state index contributed by atoms with van der Waals surface area (Å²) in [6.07, 6.45) is 4.82. The number of rotatable bonds is 1. The molecular formula is C12H22O2S. The molecule has 0 radical (unpaired) electrons. The molecule has 1 saturated carbocycles. The normalized spacial score (nSPS) is 27.5. The summed E-state index contributed by atoms with van der Waals surface area (Å²) >= 11 is 1.39. The van der Waals surface area contributed by atoms with Crippen LogP contribution in [0, 0.1) is 5.92 Å². The molecule has 0 aromatic rings. The topological polar surface area (TPSA) is 26.3 Å². The van der Waals surface area contributed by atoms with Crippen LogP contribution in [0.25, 0.3) is 0 Å². The number of hydrogen-bond acceptors (Lipinski definition) is 3. The van der Waals surface area contributed by atoms with E-state index in [-0.39, 0.29) is 10.9 Å². The largest absolute Gasteiger partial charge is 0.452 e. The van der Waals surface area contributed by atoms with Crippen LogP contribution in [0.5, 0.6) is 0 Å². The molecule has 0 spiro atoms. The van der Waals surface area contributed by atoms with E-state index in [9.17, 15) is 4.79 Å². The number of thioether (sulfide) groups is 1. The monoisotopic (exact) mass is 230 g/mol. The van der Waals surface area contributed by atoms with E-state index in [0.717, 1.165) is 18.8 Å². The predicted molar refractivity (Wildman–Crippen MR) is 65.2 cm³/mol. The van der Waals surface area contributed by atoms with Crippen molar-refractivity contribution in [2.24, 2.45) is 5.92 Å². The molecule has 0 N–H and O–H groups in total. The van der Waals surface area contributed by atoms with E-state index in [1.165, 1.54) is 24.6 Å². The van der Waals surface area contributed by atoms with Crippen LogP contribution >= 0.6 is 11.8 Å². The molecule has 1 rings (SSSR count). The van der Waals surface area contributed by atoms with Crippen molar-refractivity contribution in [1.82, 2.24) is 0 Å². The first-order valence-electron chi connectivity index (χ1n) is 5.76. The molecule has 88 valence electrons. The Bertz CT molecular complexity index is 212. The Hall–Kier alpha value is -0.180. The van der Waals surface area contributed by atoms with Gasteiger partial charge in [-0.25, -0.2) is 4.79 Å². The molecule has 0 heterocycles. The summed E-state index contributed by atoms with van der Waals surface area (Å²) < 4.78 is 5.29. The van der Waals surface area contributed by atoms with E-state index in [0.29, 0.717) is 5.25 Å². The van der Waals surface area contributed by atoms with Crippen LogP contribution < -0.4 is 0 Å². The molecule has 1 aliphatic carbocycles. The third-order valence-corrected chi connectivity index (χ3v) is 3.70. The van der Waals surface area contributed by atoms with Gasteiger partial charge in [0.2, 0.25) is 0 Å². The SMILES string of the molecule is CC1CCC(SC(=O)OC(C)(C)C)CC1. The van der Waals surface area contributed by atoms with E-state index >= 15 is 0 Å². The fraction of sp³-hybridized carbons (Fsp3) is 0.917. The van der Waals surface area contributed by atoms with Gasteiger partial charge in [-0.05, 0) is 64.1 Å². The number of carbonyl (C=O) groups excluding carboxylic acids is 1. The summed E-state index contributed by atoms with van der Waals surface area (Å²) in [5.74, 6) is 0.834. The zero-order chi connectivity index (χ0) is 11.5. The van der Waals surface area contributed by atoms with Gasteiger partial charge in [-0.1, -0.05) is 6.92 Å². The maximum Gasteiger partial charge on any atom is 0.368 e. The molecule has 0 unspecified atom stereocenters. The van der Waals surface area contributed by atoms with E-state index in [1.807, 2.05) is 20.8 Å². The Kier molecular flexibility index (Phi) is 4.50. The maximum absolute atomic E-state index is 11.5. The lowest BCUT2D eigenvalue weighted by Crippen LogP contribution is -2.23. The highest BCUT2D eigenvalue weighted by Gasteiger charge is 2.24. The van der Waals surface area contributed by atoms with Crippen molar-refractivity contribution in [1.29, 1.82) is 0 Å². The van der Waals surface area contributed by atoms with Crippen LogP contribution in [0.2, 0.25) is 0 Å². The number of hydrogen-bond donors (Lipinski definition) is 0. The summed E-state index contributed by atoms with van der Waals surface area (Å²) in [7, 11) is 0. The average molecular weight is 230 g/mol. The van der Waals surface area contributed by atoms with Crippen LogP contribution in [0.15, 0.2) is 0 Å². The molecule has 0 amide bonds. The average Bonchev–Trinajstić information content (AvgIpc) is 2.05. The molecule has 1 fully saturated rings. The summed E-state index contributed by atoms with van der Waals surface area (Å²) in [5, 5.41) is 0.373. The van der Waals surface area contributed by atoms with Gasteiger partial charge >= 0.3 is 5.30 Å². The second-order valence-electron chi connectivity index (χ2n) is 5.46. The third-order valence-electron chi connectivity index (χ3n) is 2.62. The first-order valence-corrected chi connectivity index (χ1v) is 6.64. The Labute approximate surface area is 97.1 Å². The van der Waals surface area contributed by atoms with Crippen molar-refractivity contribution in [2.75, 3.05) is 0 Å². The van der Waals surface area contributed by atoms with Gasteiger partial charge < -0.3 is 4.74 Å². The van der Waals surface area contributed by atoms with Crippen LogP contribution in [0.3, 0.4) is 0 Å². The molecule has 0 saturated heterocycles. The first-order chi connectivity index (χ1) is 6.87. The molecule has 15 heavy (non-hydrogen) atoms. The van der Waals surface area contributed by atoms with E-state index in [2.05, 4.69) is 6.92 Å². The van der Waals surface area contributed by atoms with Gasteiger partial charge in [-0.2, -0.15) is 0 Å². The summed E-state index contributed by atoms with van der Waals surface area (Å²) in [6.45, 7) is 8.02. The summed E-state index contributed by atoms with van der Waals surface area (Å²) in [4.78, 5) is 11.5. The summed E-state index contributed by atoms with van der Waals surface area (Å²) in [6, 6.07) is 0. The molecule has 1 aliphatic rings. The van der Waals surface area contributed by atoms with Gasteiger partial charge in [0.1, 0.15) is 5.60 Å². The second-order valence-corrected chi connectivity index (χ2v) is 6.70. The molecule has 0 aromatic carbocycles. The van der Waals surface area contributed by atoms with E-state index in [4.69, 9.17) is 4.74 Å². The Morgan fingerprint density at radius 1 is 1.20 bits per heavy atom. The second kappa shape index (κ2) is 5.24. The lowest BCUT2D eigenvalue weighted by molar-refractivity contribution is 0.0736. The first kappa shape index (κ1) is 12.9. The molecule has 3 heteroatoms. The van der Waals surface area contributed by atoms with E-state index in [1.54, 1.807) is 0 Å². The van der Waals surface area contributed by atoms with Crippen molar-refractivity contribution < 1.29 is 9.53 Å². The van der Waals surface area contributed by atoms with Crippen molar-refractivity contribution >= 4 is 17.1 Å². The van der Waals surface area contributed by atoms with Gasteiger partial charge in [0.25, 0.3) is 0 Å². The Morgan fingerprint density at radius 2 is 1.73 bits per heavy atom. The highest BCUT2D eigenvalue weighted by molar-refractivity contribution is 8.13. The summed E-state index contributed by atoms with van der Waals surface area (Å²) in [5.41, 5.74) is -0.355. The molecule has 2 nitrogen and oxygen atoms in total. The van der Waals surface area contributed by atoms with Crippen LogP contribution in [-0.2, 0) is 4.74 Å². The fourth-order valence-corrected chi connectivity index (χ4v) is 2.84. The zero-order valence-corrected chi connectivity index (χ0v) is 11.0. The highest BCUT2D eigenvalue weighted by Crippen LogP contribution is 2.33. The van der Waals surface area contributed by atoms with Gasteiger partial charge in [-0.3, -0.25) is 0 Å². The van der Waals surface area contributed by atoms with Crippen molar-refractivity contribution in [3.8, 4) is 0 Å². The molecule has 0 aliphatic heterocycles. The van der Waals surface area contributed by atoms with Gasteiger partial charge in [-0.15, -0.1) is 0 Å². The maximum atomic E-state index is 11.5. The van der Waals surface area contributed by atoms with Crippen LogP contribution in [0.4, 0.5) is 4.79 Å². The zero-order valence-electron chi connectivity index (χ0n) is 10.2. The smallest absolute Gasteiger partial charge is 0.368 e. The van der Waals surface area contributed by atoms with Gasteiger partial charge in [0, 0.05) is 5.25 Å². The number of carbonyl (C=O) groups is 1. The fourth-order valence-electron chi connectivity index (χ4n) is 1.76. The van der Waals surface area contributed by atoms with Gasteiger partial charge in [0.05, 0.1) is 0 Å². The quantitative estimate of drug-likeness (QED) is 0.630. The molecule has 0 aromatic heterocycles. The molecule has 0 bridgehead atoms. The minimum atomic E-state index is -0.355. The molecule has 0 atom stereocenters. The Balaban J connectivity index is 2.27. The molecular weight excluding hydrogens is 208 g/mol.